The molecule has 1 heterocycles. The molecule has 4 heteroatoms. The van der Waals surface area contributed by atoms with Crippen molar-refractivity contribution in [2.24, 2.45) is 5.92 Å². The van der Waals surface area contributed by atoms with E-state index in [-0.39, 0.29) is 5.92 Å². The molecule has 3 nitrogen and oxygen atoms in total. The van der Waals surface area contributed by atoms with Gasteiger partial charge in [0, 0.05) is 6.20 Å². The van der Waals surface area contributed by atoms with Crippen LogP contribution < -0.4 is 0 Å². The molecule has 0 spiro atoms. The molecule has 2 unspecified atom stereocenters. The Balaban J connectivity index is 2.26. The molecule has 0 aromatic carbocycles. The largest absolute Gasteiger partial charge is 0.481 e. The molecule has 1 aliphatic carbocycles. The maximum atomic E-state index is 13.0. The van der Waals surface area contributed by atoms with Crippen molar-refractivity contribution in [2.75, 3.05) is 0 Å². The second-order valence-electron chi connectivity index (χ2n) is 4.27. The van der Waals surface area contributed by atoms with Crippen LogP contribution in [0.3, 0.4) is 0 Å². The lowest BCUT2D eigenvalue weighted by atomic mass is 9.76. The Bertz CT molecular complexity index is 394. The van der Waals surface area contributed by atoms with Gasteiger partial charge in [0.15, 0.2) is 0 Å². The maximum absolute atomic E-state index is 13.0. The van der Waals surface area contributed by atoms with Gasteiger partial charge in [-0.15, -0.1) is 0 Å². The topological polar surface area (TPSA) is 50.2 Å². The fourth-order valence-corrected chi connectivity index (χ4v) is 2.46. The van der Waals surface area contributed by atoms with Crippen LogP contribution in [-0.4, -0.2) is 16.1 Å². The Kier molecular flexibility index (Phi) is 3.17. The Labute approximate surface area is 93.3 Å². The summed E-state index contributed by atoms with van der Waals surface area (Å²) in [6, 6.07) is 1.40. The van der Waals surface area contributed by atoms with Gasteiger partial charge in [0.1, 0.15) is 5.82 Å². The van der Waals surface area contributed by atoms with Gasteiger partial charge in [0.2, 0.25) is 0 Å². The molecule has 0 saturated heterocycles. The zero-order valence-electron chi connectivity index (χ0n) is 8.90. The van der Waals surface area contributed by atoms with Crippen LogP contribution in [0.5, 0.6) is 0 Å². The van der Waals surface area contributed by atoms with Crippen molar-refractivity contribution in [3.05, 3.63) is 29.8 Å². The molecule has 0 radical (unpaired) electrons. The fourth-order valence-electron chi connectivity index (χ4n) is 2.46. The average molecular weight is 223 g/mol. The summed E-state index contributed by atoms with van der Waals surface area (Å²) in [5.74, 6) is -1.66. The molecule has 1 aliphatic rings. The second kappa shape index (κ2) is 4.60. The van der Waals surface area contributed by atoms with E-state index in [1.54, 1.807) is 6.20 Å². The third-order valence-corrected chi connectivity index (χ3v) is 3.24. The number of pyridine rings is 1. The van der Waals surface area contributed by atoms with E-state index in [0.29, 0.717) is 12.0 Å². The zero-order chi connectivity index (χ0) is 11.5. The van der Waals surface area contributed by atoms with E-state index in [0.717, 1.165) is 25.5 Å². The quantitative estimate of drug-likeness (QED) is 0.838. The summed E-state index contributed by atoms with van der Waals surface area (Å²) in [5.41, 5.74) is 0.715. The lowest BCUT2D eigenvalue weighted by Crippen LogP contribution is -2.25. The summed E-state index contributed by atoms with van der Waals surface area (Å²) in [4.78, 5) is 14.9. The third kappa shape index (κ3) is 2.21. The van der Waals surface area contributed by atoms with Crippen LogP contribution in [0.1, 0.15) is 37.2 Å². The summed E-state index contributed by atoms with van der Waals surface area (Å²) >= 11 is 0. The predicted molar refractivity (Wildman–Crippen MR) is 56.5 cm³/mol. The molecule has 16 heavy (non-hydrogen) atoms. The smallest absolute Gasteiger partial charge is 0.307 e. The van der Waals surface area contributed by atoms with Gasteiger partial charge in [-0.1, -0.05) is 12.8 Å². The fraction of sp³-hybridized carbons (Fsp3) is 0.500. The molecule has 2 rings (SSSR count). The standard InChI is InChI=1S/C12H14FNO2/c13-9-5-8(6-14-7-9)10-3-1-2-4-11(10)12(15)16/h5-7,10-11H,1-4H2,(H,15,16). The Morgan fingerprint density at radius 3 is 2.81 bits per heavy atom. The van der Waals surface area contributed by atoms with Crippen molar-refractivity contribution in [2.45, 2.75) is 31.6 Å². The molecule has 86 valence electrons. The highest BCUT2D eigenvalue weighted by atomic mass is 19.1. The number of hydrogen-bond acceptors (Lipinski definition) is 2. The van der Waals surface area contributed by atoms with Gasteiger partial charge in [-0.05, 0) is 30.4 Å². The van der Waals surface area contributed by atoms with Gasteiger partial charge < -0.3 is 5.11 Å². The minimum atomic E-state index is -0.783. The minimum Gasteiger partial charge on any atom is -0.481 e. The number of carboxylic acid groups (broad SMARTS) is 1. The maximum Gasteiger partial charge on any atom is 0.307 e. The number of aromatic nitrogens is 1. The van der Waals surface area contributed by atoms with E-state index in [2.05, 4.69) is 4.98 Å². The van der Waals surface area contributed by atoms with Crippen molar-refractivity contribution in [3.8, 4) is 0 Å². The molecule has 0 bridgehead atoms. The van der Waals surface area contributed by atoms with E-state index in [1.165, 1.54) is 6.07 Å². The minimum absolute atomic E-state index is 0.0885. The SMILES string of the molecule is O=C(O)C1CCCCC1c1cncc(F)c1. The van der Waals surface area contributed by atoms with Crippen LogP contribution >= 0.6 is 0 Å². The van der Waals surface area contributed by atoms with Gasteiger partial charge in [-0.2, -0.15) is 0 Å². The summed E-state index contributed by atoms with van der Waals surface area (Å²) in [6.07, 6.45) is 6.15. The number of carbonyl (C=O) groups is 1. The highest BCUT2D eigenvalue weighted by Crippen LogP contribution is 2.37. The van der Waals surface area contributed by atoms with Crippen LogP contribution in [0, 0.1) is 11.7 Å². The number of rotatable bonds is 2. The first-order chi connectivity index (χ1) is 7.68. The molecule has 1 aromatic heterocycles. The number of halogens is 1. The summed E-state index contributed by atoms with van der Waals surface area (Å²) in [6.45, 7) is 0. The number of nitrogens with zero attached hydrogens (tertiary/aromatic N) is 1. The van der Waals surface area contributed by atoms with E-state index in [1.807, 2.05) is 0 Å². The highest BCUT2D eigenvalue weighted by molar-refractivity contribution is 5.71. The van der Waals surface area contributed by atoms with Crippen molar-refractivity contribution < 1.29 is 14.3 Å². The molecular weight excluding hydrogens is 209 g/mol. The molecule has 1 N–H and O–H groups in total. The van der Waals surface area contributed by atoms with E-state index < -0.39 is 17.7 Å². The van der Waals surface area contributed by atoms with Crippen molar-refractivity contribution in [1.29, 1.82) is 0 Å². The first-order valence-corrected chi connectivity index (χ1v) is 5.51. The second-order valence-corrected chi connectivity index (χ2v) is 4.27. The van der Waals surface area contributed by atoms with Gasteiger partial charge in [0.25, 0.3) is 0 Å². The average Bonchev–Trinajstić information content (AvgIpc) is 2.29. The first kappa shape index (κ1) is 11.0. The zero-order valence-corrected chi connectivity index (χ0v) is 8.90. The number of hydrogen-bond donors (Lipinski definition) is 1. The highest BCUT2D eigenvalue weighted by Gasteiger charge is 2.32. The molecular formula is C12H14FNO2. The van der Waals surface area contributed by atoms with E-state index in [9.17, 15) is 9.18 Å². The summed E-state index contributed by atoms with van der Waals surface area (Å²) in [7, 11) is 0. The van der Waals surface area contributed by atoms with Crippen molar-refractivity contribution in [1.82, 2.24) is 4.98 Å². The first-order valence-electron chi connectivity index (χ1n) is 5.51. The van der Waals surface area contributed by atoms with Gasteiger partial charge in [-0.25, -0.2) is 4.39 Å². The lowest BCUT2D eigenvalue weighted by molar-refractivity contribution is -0.143. The number of carboxylic acids is 1. The Morgan fingerprint density at radius 2 is 2.12 bits per heavy atom. The predicted octanol–water partition coefficient (Wildman–Crippen LogP) is 2.58. The molecule has 0 aliphatic heterocycles. The normalized spacial score (nSPS) is 25.3. The summed E-state index contributed by atoms with van der Waals surface area (Å²) < 4.78 is 13.0. The van der Waals surface area contributed by atoms with Gasteiger partial charge in [0.05, 0.1) is 12.1 Å². The monoisotopic (exact) mass is 223 g/mol. The molecule has 1 fully saturated rings. The third-order valence-electron chi connectivity index (χ3n) is 3.24. The molecule has 1 aromatic rings. The molecule has 2 atom stereocenters. The van der Waals surface area contributed by atoms with E-state index in [4.69, 9.17) is 5.11 Å². The van der Waals surface area contributed by atoms with Crippen LogP contribution in [0.15, 0.2) is 18.5 Å². The van der Waals surface area contributed by atoms with Crippen molar-refractivity contribution in [3.63, 3.8) is 0 Å². The Morgan fingerprint density at radius 1 is 1.38 bits per heavy atom. The van der Waals surface area contributed by atoms with Gasteiger partial charge in [-0.3, -0.25) is 9.78 Å². The Hall–Kier alpha value is -1.45. The van der Waals surface area contributed by atoms with Crippen LogP contribution in [0.25, 0.3) is 0 Å². The van der Waals surface area contributed by atoms with Crippen molar-refractivity contribution >= 4 is 5.97 Å². The summed E-state index contributed by atoms with van der Waals surface area (Å²) in [5, 5.41) is 9.13. The molecule has 1 saturated carbocycles. The van der Waals surface area contributed by atoms with Crippen LogP contribution in [0.2, 0.25) is 0 Å². The van der Waals surface area contributed by atoms with Gasteiger partial charge >= 0.3 is 5.97 Å². The lowest BCUT2D eigenvalue weighted by Gasteiger charge is -2.28. The van der Waals surface area contributed by atoms with Crippen LogP contribution in [0.4, 0.5) is 4.39 Å². The van der Waals surface area contributed by atoms with Crippen LogP contribution in [-0.2, 0) is 4.79 Å². The number of aliphatic carboxylic acids is 1. The molecule has 0 amide bonds. The van der Waals surface area contributed by atoms with E-state index >= 15 is 0 Å².